The summed E-state index contributed by atoms with van der Waals surface area (Å²) in [5.74, 6) is 1.68. The van der Waals surface area contributed by atoms with Crippen LogP contribution in [0.15, 0.2) is 54.9 Å². The molecule has 0 saturated carbocycles. The van der Waals surface area contributed by atoms with Crippen molar-refractivity contribution in [2.75, 3.05) is 39.2 Å². The van der Waals surface area contributed by atoms with Crippen LogP contribution in [0.3, 0.4) is 0 Å². The van der Waals surface area contributed by atoms with Crippen LogP contribution in [0.5, 0.6) is 5.75 Å². The second kappa shape index (κ2) is 7.61. The number of methoxy groups -OCH3 is 1. The number of pyridine rings is 1. The van der Waals surface area contributed by atoms with Crippen LogP contribution >= 0.6 is 0 Å². The number of aromatic nitrogens is 3. The second-order valence-electron chi connectivity index (χ2n) is 8.20. The molecule has 0 amide bonds. The Labute approximate surface area is 176 Å². The zero-order valence-corrected chi connectivity index (χ0v) is 17.7. The molecule has 154 valence electrons. The van der Waals surface area contributed by atoms with Gasteiger partial charge in [0.2, 0.25) is 0 Å². The van der Waals surface area contributed by atoms with Gasteiger partial charge in [0, 0.05) is 36.3 Å². The van der Waals surface area contributed by atoms with Gasteiger partial charge < -0.3 is 14.5 Å². The number of ether oxygens (including phenoxy) is 1. The van der Waals surface area contributed by atoms with Crippen molar-refractivity contribution in [3.8, 4) is 11.6 Å². The van der Waals surface area contributed by atoms with Gasteiger partial charge >= 0.3 is 0 Å². The van der Waals surface area contributed by atoms with Crippen LogP contribution in [-0.4, -0.2) is 59.8 Å². The quantitative estimate of drug-likeness (QED) is 0.515. The standard InChI is InChI=1S/C24H27N5O/c1-27(2)18-10-12-28(13-11-18)19-5-7-21-17(14-19)4-9-24(26-21)29-16-25-22-15-20(30-3)6-8-23(22)29/h4-9,14-16,18H,10-13H2,1-3H3. The highest BCUT2D eigenvalue weighted by atomic mass is 16.5. The van der Waals surface area contributed by atoms with Crippen molar-refractivity contribution in [2.24, 2.45) is 0 Å². The Morgan fingerprint density at radius 2 is 1.80 bits per heavy atom. The molecule has 1 aliphatic heterocycles. The number of piperidine rings is 1. The first-order valence-corrected chi connectivity index (χ1v) is 10.5. The van der Waals surface area contributed by atoms with E-state index < -0.39 is 0 Å². The Kier molecular flexibility index (Phi) is 4.79. The van der Waals surface area contributed by atoms with E-state index >= 15 is 0 Å². The normalized spacial score (nSPS) is 15.4. The third kappa shape index (κ3) is 3.37. The zero-order valence-electron chi connectivity index (χ0n) is 17.7. The van der Waals surface area contributed by atoms with Crippen molar-refractivity contribution < 1.29 is 4.74 Å². The molecule has 4 aromatic rings. The Morgan fingerprint density at radius 3 is 2.57 bits per heavy atom. The lowest BCUT2D eigenvalue weighted by Gasteiger charge is -2.36. The summed E-state index contributed by atoms with van der Waals surface area (Å²) >= 11 is 0. The first-order valence-electron chi connectivity index (χ1n) is 10.5. The van der Waals surface area contributed by atoms with E-state index in [1.807, 2.05) is 29.1 Å². The molecule has 0 radical (unpaired) electrons. The van der Waals surface area contributed by atoms with E-state index in [4.69, 9.17) is 9.72 Å². The first-order chi connectivity index (χ1) is 14.6. The molecule has 0 bridgehead atoms. The second-order valence-corrected chi connectivity index (χ2v) is 8.20. The molecule has 3 heterocycles. The van der Waals surface area contributed by atoms with E-state index in [0.29, 0.717) is 6.04 Å². The van der Waals surface area contributed by atoms with Crippen LogP contribution in [0.25, 0.3) is 27.8 Å². The van der Waals surface area contributed by atoms with Gasteiger partial charge in [-0.05, 0) is 69.4 Å². The fourth-order valence-corrected chi connectivity index (χ4v) is 4.38. The lowest BCUT2D eigenvalue weighted by Crippen LogP contribution is -2.41. The molecular weight excluding hydrogens is 374 g/mol. The van der Waals surface area contributed by atoms with Crippen LogP contribution in [0, 0.1) is 0 Å². The summed E-state index contributed by atoms with van der Waals surface area (Å²) in [6, 6.07) is 17.4. The Bertz CT molecular complexity index is 1190. The summed E-state index contributed by atoms with van der Waals surface area (Å²) in [7, 11) is 6.03. The van der Waals surface area contributed by atoms with E-state index in [1.165, 1.54) is 18.5 Å². The number of nitrogens with zero attached hydrogens (tertiary/aromatic N) is 5. The monoisotopic (exact) mass is 401 g/mol. The van der Waals surface area contributed by atoms with Crippen LogP contribution in [-0.2, 0) is 0 Å². The highest BCUT2D eigenvalue weighted by Crippen LogP contribution is 2.27. The molecule has 6 heteroatoms. The molecule has 0 aliphatic carbocycles. The highest BCUT2D eigenvalue weighted by Gasteiger charge is 2.21. The summed E-state index contributed by atoms with van der Waals surface area (Å²) in [5.41, 5.74) is 4.19. The van der Waals surface area contributed by atoms with Crippen LogP contribution in [0.2, 0.25) is 0 Å². The third-order valence-corrected chi connectivity index (χ3v) is 6.22. The summed E-state index contributed by atoms with van der Waals surface area (Å²) in [4.78, 5) is 14.2. The maximum atomic E-state index is 5.30. The Hall–Kier alpha value is -3.12. The average molecular weight is 402 g/mol. The number of hydrogen-bond donors (Lipinski definition) is 0. The topological polar surface area (TPSA) is 46.4 Å². The summed E-state index contributed by atoms with van der Waals surface area (Å²) < 4.78 is 7.32. The maximum Gasteiger partial charge on any atom is 0.139 e. The summed E-state index contributed by atoms with van der Waals surface area (Å²) in [6.07, 6.45) is 4.24. The van der Waals surface area contributed by atoms with Crippen molar-refractivity contribution in [1.29, 1.82) is 0 Å². The summed E-state index contributed by atoms with van der Waals surface area (Å²) in [5, 5.41) is 1.16. The molecule has 0 spiro atoms. The van der Waals surface area contributed by atoms with Crippen LogP contribution in [0.1, 0.15) is 12.8 Å². The molecule has 1 saturated heterocycles. The summed E-state index contributed by atoms with van der Waals surface area (Å²) in [6.45, 7) is 2.20. The molecule has 6 nitrogen and oxygen atoms in total. The minimum atomic E-state index is 0.691. The van der Waals surface area contributed by atoms with Gasteiger partial charge in [-0.15, -0.1) is 0 Å². The van der Waals surface area contributed by atoms with E-state index in [2.05, 4.69) is 59.2 Å². The molecule has 30 heavy (non-hydrogen) atoms. The van der Waals surface area contributed by atoms with Crippen molar-refractivity contribution >= 4 is 27.6 Å². The zero-order chi connectivity index (χ0) is 20.7. The number of benzene rings is 2. The molecule has 1 fully saturated rings. The Morgan fingerprint density at radius 1 is 0.967 bits per heavy atom. The van der Waals surface area contributed by atoms with Crippen molar-refractivity contribution in [2.45, 2.75) is 18.9 Å². The lowest BCUT2D eigenvalue weighted by atomic mass is 10.0. The molecule has 5 rings (SSSR count). The SMILES string of the molecule is COc1ccc2c(c1)ncn2-c1ccc2cc(N3CCC(N(C)C)CC3)ccc2n1. The number of hydrogen-bond acceptors (Lipinski definition) is 5. The van der Waals surface area contributed by atoms with E-state index in [0.717, 1.165) is 46.6 Å². The number of fused-ring (bicyclic) bond motifs is 2. The van der Waals surface area contributed by atoms with Gasteiger partial charge in [0.05, 0.1) is 23.7 Å². The molecule has 1 aliphatic rings. The van der Waals surface area contributed by atoms with Gasteiger partial charge in [-0.3, -0.25) is 4.57 Å². The first kappa shape index (κ1) is 18.9. The number of rotatable bonds is 4. The maximum absolute atomic E-state index is 5.30. The van der Waals surface area contributed by atoms with Crippen molar-refractivity contribution in [1.82, 2.24) is 19.4 Å². The lowest BCUT2D eigenvalue weighted by molar-refractivity contribution is 0.249. The van der Waals surface area contributed by atoms with Gasteiger partial charge in [-0.2, -0.15) is 0 Å². The molecule has 0 atom stereocenters. The fourth-order valence-electron chi connectivity index (χ4n) is 4.38. The molecule has 0 unspecified atom stereocenters. The van der Waals surface area contributed by atoms with Crippen LogP contribution in [0.4, 0.5) is 5.69 Å². The van der Waals surface area contributed by atoms with E-state index in [-0.39, 0.29) is 0 Å². The molecule has 2 aromatic heterocycles. The fraction of sp³-hybridized carbons (Fsp3) is 0.333. The van der Waals surface area contributed by atoms with Gasteiger partial charge in [0.1, 0.15) is 17.9 Å². The number of imidazole rings is 1. The smallest absolute Gasteiger partial charge is 0.139 e. The predicted molar refractivity (Wildman–Crippen MR) is 122 cm³/mol. The van der Waals surface area contributed by atoms with Gasteiger partial charge in [0.15, 0.2) is 0 Å². The molecule has 0 N–H and O–H groups in total. The van der Waals surface area contributed by atoms with E-state index in [1.54, 1.807) is 7.11 Å². The minimum absolute atomic E-state index is 0.691. The highest BCUT2D eigenvalue weighted by molar-refractivity contribution is 5.84. The van der Waals surface area contributed by atoms with Gasteiger partial charge in [-0.25, -0.2) is 9.97 Å². The number of anilines is 1. The molecule has 2 aromatic carbocycles. The van der Waals surface area contributed by atoms with Crippen molar-refractivity contribution in [3.63, 3.8) is 0 Å². The minimum Gasteiger partial charge on any atom is -0.497 e. The van der Waals surface area contributed by atoms with Crippen LogP contribution < -0.4 is 9.64 Å². The third-order valence-electron chi connectivity index (χ3n) is 6.22. The predicted octanol–water partition coefficient (Wildman–Crippen LogP) is 4.11. The largest absolute Gasteiger partial charge is 0.497 e. The van der Waals surface area contributed by atoms with E-state index in [9.17, 15) is 0 Å². The van der Waals surface area contributed by atoms with Gasteiger partial charge in [0.25, 0.3) is 0 Å². The van der Waals surface area contributed by atoms with Crippen molar-refractivity contribution in [3.05, 3.63) is 54.9 Å². The van der Waals surface area contributed by atoms with Gasteiger partial charge in [-0.1, -0.05) is 0 Å². The average Bonchev–Trinajstić information content (AvgIpc) is 3.21. The Balaban J connectivity index is 1.43. The molecular formula is C24H27N5O.